The predicted molar refractivity (Wildman–Crippen MR) is 77.4 cm³/mol. The first-order valence-corrected chi connectivity index (χ1v) is 6.36. The van der Waals surface area contributed by atoms with Crippen LogP contribution >= 0.6 is 23.2 Å². The highest BCUT2D eigenvalue weighted by Gasteiger charge is 2.05. The summed E-state index contributed by atoms with van der Waals surface area (Å²) in [4.78, 5) is 22.2. The molecule has 1 aromatic carbocycles. The Balaban J connectivity index is 2.28. The average Bonchev–Trinajstić information content (AvgIpc) is 2.42. The van der Waals surface area contributed by atoms with E-state index in [2.05, 4.69) is 11.3 Å². The molecule has 1 rings (SSSR count). The van der Waals surface area contributed by atoms with Crippen molar-refractivity contribution in [3.8, 4) is 0 Å². The van der Waals surface area contributed by atoms with Crippen LogP contribution in [0.2, 0.25) is 5.02 Å². The van der Waals surface area contributed by atoms with Crippen LogP contribution in [-0.4, -0.2) is 25.2 Å². The van der Waals surface area contributed by atoms with Gasteiger partial charge in [-0.25, -0.2) is 9.59 Å². The molecule has 6 heteroatoms. The number of carbonyl (C=O) groups excluding carboxylic acids is 2. The van der Waals surface area contributed by atoms with Gasteiger partial charge in [0.1, 0.15) is 18.2 Å². The number of ether oxygens (including phenoxy) is 2. The number of hydrogen-bond donors (Lipinski definition) is 0. The third kappa shape index (κ3) is 6.41. The predicted octanol–water partition coefficient (Wildman–Crippen LogP) is 3.19. The Morgan fingerprint density at radius 2 is 1.75 bits per heavy atom. The molecule has 4 nitrogen and oxygen atoms in total. The normalized spacial score (nSPS) is 10.3. The average molecular weight is 315 g/mol. The van der Waals surface area contributed by atoms with E-state index in [1.54, 1.807) is 30.3 Å². The van der Waals surface area contributed by atoms with Crippen molar-refractivity contribution in [1.82, 2.24) is 0 Å². The summed E-state index contributed by atoms with van der Waals surface area (Å²) in [7, 11) is 0. The number of rotatable bonds is 6. The lowest BCUT2D eigenvalue weighted by Gasteiger charge is -2.03. The van der Waals surface area contributed by atoms with E-state index in [4.69, 9.17) is 27.9 Å². The van der Waals surface area contributed by atoms with Crippen LogP contribution in [0.15, 0.2) is 42.0 Å². The van der Waals surface area contributed by atoms with E-state index in [0.29, 0.717) is 5.02 Å². The summed E-state index contributed by atoms with van der Waals surface area (Å²) < 4.78 is 9.46. The minimum Gasteiger partial charge on any atom is -0.459 e. The Hall–Kier alpha value is -1.78. The van der Waals surface area contributed by atoms with Crippen LogP contribution in [0.3, 0.4) is 0 Å². The third-order valence-corrected chi connectivity index (χ3v) is 2.47. The molecule has 0 bridgehead atoms. The highest BCUT2D eigenvalue weighted by molar-refractivity contribution is 6.40. The lowest BCUT2D eigenvalue weighted by Crippen LogP contribution is -2.12. The smallest absolute Gasteiger partial charge is 0.349 e. The number of benzene rings is 1. The van der Waals surface area contributed by atoms with Crippen LogP contribution in [0.1, 0.15) is 5.56 Å². The van der Waals surface area contributed by atoms with Gasteiger partial charge in [-0.3, -0.25) is 0 Å². The molecule has 0 spiro atoms. The molecule has 0 fully saturated rings. The van der Waals surface area contributed by atoms with E-state index in [9.17, 15) is 9.59 Å². The Bertz CT molecular complexity index is 520. The van der Waals surface area contributed by atoms with E-state index in [1.807, 2.05) is 0 Å². The second-order valence-electron chi connectivity index (χ2n) is 3.59. The van der Waals surface area contributed by atoms with Crippen LogP contribution < -0.4 is 0 Å². The van der Waals surface area contributed by atoms with Crippen LogP contribution in [0.5, 0.6) is 0 Å². The number of esters is 2. The second kappa shape index (κ2) is 8.40. The maximum Gasteiger partial charge on any atom is 0.349 e. The zero-order chi connectivity index (χ0) is 15.0. The fourth-order valence-corrected chi connectivity index (χ4v) is 1.32. The molecule has 0 saturated heterocycles. The molecule has 0 amide bonds. The molecule has 0 unspecified atom stereocenters. The van der Waals surface area contributed by atoms with E-state index in [1.165, 1.54) is 6.08 Å². The van der Waals surface area contributed by atoms with E-state index >= 15 is 0 Å². The van der Waals surface area contributed by atoms with E-state index < -0.39 is 11.9 Å². The molecule has 0 N–H and O–H groups in total. The summed E-state index contributed by atoms with van der Waals surface area (Å²) in [6.07, 6.45) is 2.86. The SMILES string of the molecule is C=C(Cl)C(=O)OCCOC(=O)/C=C/c1ccc(Cl)cc1. The quantitative estimate of drug-likeness (QED) is 0.459. The monoisotopic (exact) mass is 314 g/mol. The molecule has 1 aromatic rings. The van der Waals surface area contributed by atoms with Gasteiger partial charge >= 0.3 is 11.9 Å². The summed E-state index contributed by atoms with van der Waals surface area (Å²) in [5, 5.41) is 0.395. The van der Waals surface area contributed by atoms with Crippen LogP contribution in [0, 0.1) is 0 Å². The van der Waals surface area contributed by atoms with Crippen molar-refractivity contribution in [3.05, 3.63) is 52.5 Å². The summed E-state index contributed by atoms with van der Waals surface area (Å²) in [6, 6.07) is 6.95. The van der Waals surface area contributed by atoms with Crippen LogP contribution in [0.25, 0.3) is 6.08 Å². The molecule has 106 valence electrons. The number of carbonyl (C=O) groups is 2. The maximum absolute atomic E-state index is 11.3. The fraction of sp³-hybridized carbons (Fsp3) is 0.143. The summed E-state index contributed by atoms with van der Waals surface area (Å²) in [5.41, 5.74) is 0.816. The van der Waals surface area contributed by atoms with Crippen molar-refractivity contribution >= 4 is 41.2 Å². The molecule has 0 aliphatic heterocycles. The minimum absolute atomic E-state index is 0.0559. The van der Waals surface area contributed by atoms with Gasteiger partial charge in [0.05, 0.1) is 0 Å². The van der Waals surface area contributed by atoms with Gasteiger partial charge in [0.2, 0.25) is 0 Å². The Morgan fingerprint density at radius 3 is 2.35 bits per heavy atom. The summed E-state index contributed by atoms with van der Waals surface area (Å²) in [5.74, 6) is -1.28. The number of halogens is 2. The first-order chi connectivity index (χ1) is 9.49. The standard InChI is InChI=1S/C14H12Cl2O4/c1-10(15)14(18)20-9-8-19-13(17)7-4-11-2-5-12(16)6-3-11/h2-7H,1,8-9H2/b7-4+. The van der Waals surface area contributed by atoms with E-state index in [0.717, 1.165) is 5.56 Å². The van der Waals surface area contributed by atoms with Crippen molar-refractivity contribution in [2.75, 3.05) is 13.2 Å². The number of hydrogen-bond acceptors (Lipinski definition) is 4. The second-order valence-corrected chi connectivity index (χ2v) is 4.49. The Labute approximate surface area is 126 Å². The molecule has 0 atom stereocenters. The lowest BCUT2D eigenvalue weighted by molar-refractivity contribution is -0.146. The molecule has 0 radical (unpaired) electrons. The molecule has 0 aliphatic carbocycles. The Kier molecular flexibility index (Phi) is 6.84. The molecule has 0 aromatic heterocycles. The van der Waals surface area contributed by atoms with Gasteiger partial charge in [-0.05, 0) is 23.8 Å². The molecule has 0 aliphatic rings. The highest BCUT2D eigenvalue weighted by Crippen LogP contribution is 2.10. The van der Waals surface area contributed by atoms with Crippen LogP contribution in [-0.2, 0) is 19.1 Å². The van der Waals surface area contributed by atoms with Gasteiger partial charge in [0.15, 0.2) is 0 Å². The fourth-order valence-electron chi connectivity index (χ4n) is 1.14. The van der Waals surface area contributed by atoms with Gasteiger partial charge in [0.25, 0.3) is 0 Å². The van der Waals surface area contributed by atoms with Gasteiger partial charge in [0, 0.05) is 11.1 Å². The van der Waals surface area contributed by atoms with Crippen molar-refractivity contribution < 1.29 is 19.1 Å². The molecular weight excluding hydrogens is 303 g/mol. The van der Waals surface area contributed by atoms with Crippen molar-refractivity contribution in [2.24, 2.45) is 0 Å². The van der Waals surface area contributed by atoms with Gasteiger partial charge in [-0.2, -0.15) is 0 Å². The largest absolute Gasteiger partial charge is 0.459 e. The Morgan fingerprint density at radius 1 is 1.15 bits per heavy atom. The molecule has 0 saturated carbocycles. The topological polar surface area (TPSA) is 52.6 Å². The van der Waals surface area contributed by atoms with Crippen LogP contribution in [0.4, 0.5) is 0 Å². The van der Waals surface area contributed by atoms with Gasteiger partial charge in [-0.15, -0.1) is 0 Å². The summed E-state index contributed by atoms with van der Waals surface area (Å²) >= 11 is 11.0. The first-order valence-electron chi connectivity index (χ1n) is 5.61. The van der Waals surface area contributed by atoms with Crippen molar-refractivity contribution in [3.63, 3.8) is 0 Å². The maximum atomic E-state index is 11.3. The minimum atomic E-state index is -0.737. The zero-order valence-electron chi connectivity index (χ0n) is 10.5. The summed E-state index contributed by atoms with van der Waals surface area (Å²) in [6.45, 7) is 3.07. The molecule has 0 heterocycles. The molecule has 20 heavy (non-hydrogen) atoms. The van der Waals surface area contributed by atoms with E-state index in [-0.39, 0.29) is 18.2 Å². The third-order valence-electron chi connectivity index (χ3n) is 2.06. The lowest BCUT2D eigenvalue weighted by atomic mass is 10.2. The zero-order valence-corrected chi connectivity index (χ0v) is 12.0. The highest BCUT2D eigenvalue weighted by atomic mass is 35.5. The molecular formula is C14H12Cl2O4. The van der Waals surface area contributed by atoms with Crippen molar-refractivity contribution in [1.29, 1.82) is 0 Å². The first kappa shape index (κ1) is 16.3. The van der Waals surface area contributed by atoms with Gasteiger partial charge < -0.3 is 9.47 Å². The van der Waals surface area contributed by atoms with Gasteiger partial charge in [-0.1, -0.05) is 41.9 Å². The van der Waals surface area contributed by atoms with Crippen molar-refractivity contribution in [2.45, 2.75) is 0 Å².